The largest absolute Gasteiger partial charge is 0.497 e. The Morgan fingerprint density at radius 2 is 2.18 bits per heavy atom. The topological polar surface area (TPSA) is 118 Å². The van der Waals surface area contributed by atoms with E-state index < -0.39 is 0 Å². The average Bonchev–Trinajstić information content (AvgIpc) is 3.30. The molecule has 9 heteroatoms. The third-order valence-electron chi connectivity index (χ3n) is 4.43. The van der Waals surface area contributed by atoms with Crippen LogP contribution >= 0.6 is 0 Å². The monoisotopic (exact) mass is 381 g/mol. The van der Waals surface area contributed by atoms with Gasteiger partial charge in [-0.1, -0.05) is 0 Å². The van der Waals surface area contributed by atoms with Gasteiger partial charge in [0.1, 0.15) is 23.2 Å². The molecule has 0 aliphatic rings. The quantitative estimate of drug-likeness (QED) is 0.383. The first-order valence-electron chi connectivity index (χ1n) is 8.77. The van der Waals surface area contributed by atoms with Crippen LogP contribution in [0.4, 0.5) is 5.82 Å². The molecule has 0 fully saturated rings. The van der Waals surface area contributed by atoms with Crippen molar-refractivity contribution >= 4 is 33.9 Å². The Morgan fingerprint density at radius 3 is 3.04 bits per heavy atom. The molecule has 0 atom stereocenters. The van der Waals surface area contributed by atoms with E-state index >= 15 is 0 Å². The van der Waals surface area contributed by atoms with Crippen LogP contribution in [-0.4, -0.2) is 39.2 Å². The van der Waals surface area contributed by atoms with Crippen molar-refractivity contribution < 1.29 is 18.7 Å². The van der Waals surface area contributed by atoms with Gasteiger partial charge in [-0.15, -0.1) is 0 Å². The number of aromatic nitrogens is 4. The lowest BCUT2D eigenvalue weighted by atomic mass is 10.1. The van der Waals surface area contributed by atoms with Gasteiger partial charge in [-0.25, -0.2) is 15.0 Å². The lowest BCUT2D eigenvalue weighted by molar-refractivity contribution is -0.142. The predicted octanol–water partition coefficient (Wildman–Crippen LogP) is 2.34. The van der Waals surface area contributed by atoms with Gasteiger partial charge >= 0.3 is 5.97 Å². The van der Waals surface area contributed by atoms with Gasteiger partial charge in [0, 0.05) is 23.6 Å². The van der Waals surface area contributed by atoms with Gasteiger partial charge in [0.15, 0.2) is 11.5 Å². The molecule has 0 unspecified atom stereocenters. The molecule has 9 nitrogen and oxygen atoms in total. The second-order valence-electron chi connectivity index (χ2n) is 6.24. The molecule has 0 radical (unpaired) electrons. The number of methoxy groups -OCH3 is 1. The number of esters is 1. The molecule has 144 valence electrons. The number of rotatable bonds is 7. The second-order valence-corrected chi connectivity index (χ2v) is 6.24. The van der Waals surface area contributed by atoms with Crippen molar-refractivity contribution in [2.24, 2.45) is 0 Å². The minimum atomic E-state index is -0.305. The lowest BCUT2D eigenvalue weighted by Gasteiger charge is -2.06. The minimum Gasteiger partial charge on any atom is -0.497 e. The summed E-state index contributed by atoms with van der Waals surface area (Å²) in [6.07, 6.45) is 5.42. The van der Waals surface area contributed by atoms with Gasteiger partial charge in [-0.3, -0.25) is 4.79 Å². The van der Waals surface area contributed by atoms with Gasteiger partial charge in [0.05, 0.1) is 32.7 Å². The Morgan fingerprint density at radius 1 is 1.29 bits per heavy atom. The molecule has 0 saturated heterocycles. The highest BCUT2D eigenvalue weighted by molar-refractivity contribution is 5.86. The fraction of sp³-hybridized carbons (Fsp3) is 0.263. The number of furan rings is 1. The van der Waals surface area contributed by atoms with Crippen molar-refractivity contribution in [3.05, 3.63) is 42.7 Å². The van der Waals surface area contributed by atoms with Crippen molar-refractivity contribution in [2.75, 3.05) is 19.5 Å². The summed E-state index contributed by atoms with van der Waals surface area (Å²) in [5, 5.41) is 0.875. The van der Waals surface area contributed by atoms with E-state index in [0.29, 0.717) is 47.9 Å². The number of nitrogens with two attached hydrogens (primary N) is 1. The molecule has 0 aliphatic heterocycles. The van der Waals surface area contributed by atoms with Gasteiger partial charge in [-0.2, -0.15) is 0 Å². The lowest BCUT2D eigenvalue weighted by Crippen LogP contribution is -2.10. The molecular weight excluding hydrogens is 362 g/mol. The van der Waals surface area contributed by atoms with Gasteiger partial charge in [0.2, 0.25) is 0 Å². The highest BCUT2D eigenvalue weighted by Crippen LogP contribution is 2.26. The Hall–Kier alpha value is -3.62. The molecule has 3 heterocycles. The molecule has 4 aromatic rings. The summed E-state index contributed by atoms with van der Waals surface area (Å²) >= 11 is 0. The standard InChI is InChI=1S/C19H19N5O4/c1-26-13-3-4-14-12(9-28-15(14)8-13)7-16(25)27-6-2-5-24-11-23-17-18(20)21-10-22-19(17)24/h3-4,8-11H,2,5-7H2,1H3,(H2,20,21,22). The van der Waals surface area contributed by atoms with Crippen LogP contribution in [0.25, 0.3) is 22.1 Å². The third kappa shape index (κ3) is 3.46. The smallest absolute Gasteiger partial charge is 0.310 e. The number of nitrogens with zero attached hydrogens (tertiary/aromatic N) is 4. The van der Waals surface area contributed by atoms with E-state index in [0.717, 1.165) is 10.9 Å². The molecule has 4 rings (SSSR count). The number of hydrogen-bond acceptors (Lipinski definition) is 8. The first-order chi connectivity index (χ1) is 13.7. The van der Waals surface area contributed by atoms with Gasteiger partial charge in [-0.05, 0) is 18.6 Å². The number of fused-ring (bicyclic) bond motifs is 2. The minimum absolute atomic E-state index is 0.150. The molecule has 0 bridgehead atoms. The van der Waals surface area contributed by atoms with Gasteiger partial charge < -0.3 is 24.2 Å². The van der Waals surface area contributed by atoms with E-state index in [1.807, 2.05) is 16.7 Å². The van der Waals surface area contributed by atoms with E-state index in [2.05, 4.69) is 15.0 Å². The maximum absolute atomic E-state index is 12.2. The number of imidazole rings is 1. The van der Waals surface area contributed by atoms with Crippen molar-refractivity contribution in [2.45, 2.75) is 19.4 Å². The first kappa shape index (κ1) is 17.8. The van der Waals surface area contributed by atoms with E-state index in [4.69, 9.17) is 19.6 Å². The first-order valence-corrected chi connectivity index (χ1v) is 8.77. The number of carbonyl (C=O) groups excluding carboxylic acids is 1. The van der Waals surface area contributed by atoms with Crippen LogP contribution in [0.5, 0.6) is 5.75 Å². The molecule has 3 aromatic heterocycles. The molecule has 0 amide bonds. The number of carbonyl (C=O) groups is 1. The summed E-state index contributed by atoms with van der Waals surface area (Å²) in [6.45, 7) is 0.900. The van der Waals surface area contributed by atoms with E-state index in [1.54, 1.807) is 25.8 Å². The van der Waals surface area contributed by atoms with E-state index in [1.165, 1.54) is 6.33 Å². The summed E-state index contributed by atoms with van der Waals surface area (Å²) in [6, 6.07) is 5.49. The van der Waals surface area contributed by atoms with Crippen LogP contribution in [-0.2, 0) is 22.5 Å². The van der Waals surface area contributed by atoms with Crippen LogP contribution in [0.15, 0.2) is 41.5 Å². The molecule has 1 aromatic carbocycles. The summed E-state index contributed by atoms with van der Waals surface area (Å²) in [4.78, 5) is 24.5. The highest BCUT2D eigenvalue weighted by Gasteiger charge is 2.12. The van der Waals surface area contributed by atoms with Gasteiger partial charge in [0.25, 0.3) is 0 Å². The molecule has 0 spiro atoms. The highest BCUT2D eigenvalue weighted by atomic mass is 16.5. The number of aryl methyl sites for hydroxylation is 1. The normalized spacial score (nSPS) is 11.2. The Balaban J connectivity index is 1.31. The third-order valence-corrected chi connectivity index (χ3v) is 4.43. The van der Waals surface area contributed by atoms with Crippen LogP contribution in [0.2, 0.25) is 0 Å². The summed E-state index contributed by atoms with van der Waals surface area (Å²) < 4.78 is 17.9. The maximum Gasteiger partial charge on any atom is 0.310 e. The molecule has 0 saturated carbocycles. The summed E-state index contributed by atoms with van der Waals surface area (Å²) in [7, 11) is 1.59. The summed E-state index contributed by atoms with van der Waals surface area (Å²) in [5.41, 5.74) is 8.48. The predicted molar refractivity (Wildman–Crippen MR) is 102 cm³/mol. The Bertz CT molecular complexity index is 1130. The number of anilines is 1. The van der Waals surface area contributed by atoms with Crippen molar-refractivity contribution in [3.8, 4) is 5.75 Å². The molecular formula is C19H19N5O4. The fourth-order valence-corrected chi connectivity index (χ4v) is 3.02. The van der Waals surface area contributed by atoms with Crippen LogP contribution < -0.4 is 10.5 Å². The SMILES string of the molecule is COc1ccc2c(CC(=O)OCCCn3cnc4c(N)ncnc43)coc2c1. The average molecular weight is 381 g/mol. The molecule has 28 heavy (non-hydrogen) atoms. The number of hydrogen-bond donors (Lipinski definition) is 1. The van der Waals surface area contributed by atoms with E-state index in [9.17, 15) is 4.79 Å². The van der Waals surface area contributed by atoms with Crippen molar-refractivity contribution in [1.82, 2.24) is 19.5 Å². The number of benzene rings is 1. The van der Waals surface area contributed by atoms with Crippen molar-refractivity contribution in [1.29, 1.82) is 0 Å². The number of nitrogen functional groups attached to an aromatic ring is 1. The van der Waals surface area contributed by atoms with Crippen molar-refractivity contribution in [3.63, 3.8) is 0 Å². The zero-order valence-electron chi connectivity index (χ0n) is 15.3. The fourth-order valence-electron chi connectivity index (χ4n) is 3.02. The molecule has 2 N–H and O–H groups in total. The summed E-state index contributed by atoms with van der Waals surface area (Å²) in [5.74, 6) is 0.746. The van der Waals surface area contributed by atoms with E-state index in [-0.39, 0.29) is 12.4 Å². The van der Waals surface area contributed by atoms with Crippen LogP contribution in [0.3, 0.4) is 0 Å². The maximum atomic E-state index is 12.2. The zero-order chi connectivity index (χ0) is 19.5. The van der Waals surface area contributed by atoms with Crippen LogP contribution in [0, 0.1) is 0 Å². The number of ether oxygens (including phenoxy) is 2. The molecule has 0 aliphatic carbocycles. The zero-order valence-corrected chi connectivity index (χ0v) is 15.3. The second kappa shape index (κ2) is 7.55. The Kier molecular flexibility index (Phi) is 4.79. The Labute approximate surface area is 160 Å². The van der Waals surface area contributed by atoms with Crippen LogP contribution in [0.1, 0.15) is 12.0 Å².